The highest BCUT2D eigenvalue weighted by Crippen LogP contribution is 2.22. The first-order valence-corrected chi connectivity index (χ1v) is 7.84. The summed E-state index contributed by atoms with van der Waals surface area (Å²) in [7, 11) is 3.06. The Bertz CT molecular complexity index is 505. The molecule has 23 heavy (non-hydrogen) atoms. The van der Waals surface area contributed by atoms with E-state index in [4.69, 9.17) is 9.47 Å². The Kier molecular flexibility index (Phi) is 7.94. The van der Waals surface area contributed by atoms with Gasteiger partial charge in [-0.15, -0.1) is 0 Å². The highest BCUT2D eigenvalue weighted by atomic mass is 16.5. The third-order valence-electron chi connectivity index (χ3n) is 3.68. The molecular weight excluding hydrogens is 296 g/mol. The molecular formula is C17H26N2O4. The van der Waals surface area contributed by atoms with Crippen LogP contribution in [0.3, 0.4) is 0 Å². The largest absolute Gasteiger partial charge is 0.497 e. The highest BCUT2D eigenvalue weighted by molar-refractivity contribution is 5.95. The van der Waals surface area contributed by atoms with Crippen LogP contribution >= 0.6 is 0 Å². The highest BCUT2D eigenvalue weighted by Gasteiger charge is 2.13. The SMILES string of the molecule is CCC(CC)C(=O)NCCNC(=O)c1cc(OC)cc(OC)c1. The molecule has 0 saturated carbocycles. The lowest BCUT2D eigenvalue weighted by molar-refractivity contribution is -0.125. The minimum Gasteiger partial charge on any atom is -0.497 e. The van der Waals surface area contributed by atoms with Gasteiger partial charge in [0.05, 0.1) is 14.2 Å². The maximum Gasteiger partial charge on any atom is 0.251 e. The topological polar surface area (TPSA) is 76.7 Å². The van der Waals surface area contributed by atoms with Crippen molar-refractivity contribution in [2.45, 2.75) is 26.7 Å². The molecule has 0 aromatic heterocycles. The molecule has 0 saturated heterocycles. The predicted molar refractivity (Wildman–Crippen MR) is 89.0 cm³/mol. The second-order valence-corrected chi connectivity index (χ2v) is 5.16. The van der Waals surface area contributed by atoms with Crippen LogP contribution < -0.4 is 20.1 Å². The smallest absolute Gasteiger partial charge is 0.251 e. The summed E-state index contributed by atoms with van der Waals surface area (Å²) in [4.78, 5) is 24.0. The fourth-order valence-corrected chi connectivity index (χ4v) is 2.21. The molecule has 2 amide bonds. The van der Waals surface area contributed by atoms with Gasteiger partial charge in [0.1, 0.15) is 11.5 Å². The number of carbonyl (C=O) groups is 2. The van der Waals surface area contributed by atoms with Crippen LogP contribution in [0.5, 0.6) is 11.5 Å². The van der Waals surface area contributed by atoms with Gasteiger partial charge in [-0.3, -0.25) is 9.59 Å². The van der Waals surface area contributed by atoms with E-state index < -0.39 is 0 Å². The zero-order chi connectivity index (χ0) is 17.2. The van der Waals surface area contributed by atoms with Gasteiger partial charge in [-0.25, -0.2) is 0 Å². The first kappa shape index (κ1) is 18.8. The van der Waals surface area contributed by atoms with Crippen LogP contribution in [0.4, 0.5) is 0 Å². The van der Waals surface area contributed by atoms with Crippen LogP contribution in [0.15, 0.2) is 18.2 Å². The molecule has 0 unspecified atom stereocenters. The second-order valence-electron chi connectivity index (χ2n) is 5.16. The van der Waals surface area contributed by atoms with E-state index in [1.54, 1.807) is 18.2 Å². The van der Waals surface area contributed by atoms with Crippen molar-refractivity contribution in [3.05, 3.63) is 23.8 Å². The van der Waals surface area contributed by atoms with Crippen molar-refractivity contribution in [1.82, 2.24) is 10.6 Å². The number of hydrogen-bond donors (Lipinski definition) is 2. The molecule has 0 aliphatic rings. The van der Waals surface area contributed by atoms with Gasteiger partial charge in [-0.2, -0.15) is 0 Å². The van der Waals surface area contributed by atoms with Gasteiger partial charge < -0.3 is 20.1 Å². The monoisotopic (exact) mass is 322 g/mol. The molecule has 0 heterocycles. The van der Waals surface area contributed by atoms with E-state index in [0.29, 0.717) is 30.2 Å². The number of carbonyl (C=O) groups excluding carboxylic acids is 2. The predicted octanol–water partition coefficient (Wildman–Crippen LogP) is 1.99. The van der Waals surface area contributed by atoms with Gasteiger partial charge in [0.15, 0.2) is 0 Å². The van der Waals surface area contributed by atoms with Crippen molar-refractivity contribution in [2.24, 2.45) is 5.92 Å². The summed E-state index contributed by atoms with van der Waals surface area (Å²) in [6.07, 6.45) is 1.64. The van der Waals surface area contributed by atoms with E-state index in [-0.39, 0.29) is 17.7 Å². The van der Waals surface area contributed by atoms with Crippen molar-refractivity contribution in [2.75, 3.05) is 27.3 Å². The van der Waals surface area contributed by atoms with E-state index in [0.717, 1.165) is 12.8 Å². The molecule has 0 spiro atoms. The minimum atomic E-state index is -0.237. The van der Waals surface area contributed by atoms with Crippen molar-refractivity contribution in [3.63, 3.8) is 0 Å². The van der Waals surface area contributed by atoms with Gasteiger partial charge in [-0.05, 0) is 25.0 Å². The van der Waals surface area contributed by atoms with Crippen molar-refractivity contribution < 1.29 is 19.1 Å². The summed E-state index contributed by atoms with van der Waals surface area (Å²) in [5.41, 5.74) is 0.451. The van der Waals surface area contributed by atoms with Crippen LogP contribution in [0.1, 0.15) is 37.0 Å². The molecule has 1 aromatic carbocycles. The lowest BCUT2D eigenvalue weighted by Crippen LogP contribution is -2.37. The molecule has 0 atom stereocenters. The molecule has 6 nitrogen and oxygen atoms in total. The lowest BCUT2D eigenvalue weighted by atomic mass is 10.0. The quantitative estimate of drug-likeness (QED) is 0.682. The van der Waals surface area contributed by atoms with E-state index >= 15 is 0 Å². The summed E-state index contributed by atoms with van der Waals surface area (Å²) >= 11 is 0. The van der Waals surface area contributed by atoms with Crippen LogP contribution in [0.2, 0.25) is 0 Å². The summed E-state index contributed by atoms with van der Waals surface area (Å²) in [6, 6.07) is 4.98. The Balaban J connectivity index is 2.50. The number of amides is 2. The van der Waals surface area contributed by atoms with E-state index in [2.05, 4.69) is 10.6 Å². The van der Waals surface area contributed by atoms with Gasteiger partial charge in [0, 0.05) is 30.6 Å². The van der Waals surface area contributed by atoms with E-state index in [1.165, 1.54) is 14.2 Å². The third kappa shape index (κ3) is 5.81. The zero-order valence-corrected chi connectivity index (χ0v) is 14.3. The number of ether oxygens (including phenoxy) is 2. The molecule has 0 aliphatic heterocycles. The van der Waals surface area contributed by atoms with Gasteiger partial charge in [0.2, 0.25) is 5.91 Å². The molecule has 6 heteroatoms. The average Bonchev–Trinajstić information content (AvgIpc) is 2.58. The molecule has 1 rings (SSSR count). The lowest BCUT2D eigenvalue weighted by Gasteiger charge is -2.13. The third-order valence-corrected chi connectivity index (χ3v) is 3.68. The summed E-state index contributed by atoms with van der Waals surface area (Å²) in [6.45, 7) is 4.75. The first-order chi connectivity index (χ1) is 11.0. The number of methoxy groups -OCH3 is 2. The molecule has 128 valence electrons. The normalized spacial score (nSPS) is 10.3. The molecule has 0 radical (unpaired) electrons. The summed E-state index contributed by atoms with van der Waals surface area (Å²) in [5.74, 6) is 0.938. The maximum absolute atomic E-state index is 12.1. The first-order valence-electron chi connectivity index (χ1n) is 7.84. The van der Waals surface area contributed by atoms with Crippen molar-refractivity contribution in [3.8, 4) is 11.5 Å². The fraction of sp³-hybridized carbons (Fsp3) is 0.529. The Labute approximate surface area is 137 Å². The van der Waals surface area contributed by atoms with Crippen LogP contribution in [0.25, 0.3) is 0 Å². The van der Waals surface area contributed by atoms with E-state index in [9.17, 15) is 9.59 Å². The van der Waals surface area contributed by atoms with Crippen LogP contribution in [-0.2, 0) is 4.79 Å². The maximum atomic E-state index is 12.1. The molecule has 2 N–H and O–H groups in total. The minimum absolute atomic E-state index is 0.0345. The molecule has 1 aromatic rings. The average molecular weight is 322 g/mol. The van der Waals surface area contributed by atoms with Crippen LogP contribution in [-0.4, -0.2) is 39.1 Å². The van der Waals surface area contributed by atoms with Crippen molar-refractivity contribution in [1.29, 1.82) is 0 Å². The Morgan fingerprint density at radius 2 is 1.48 bits per heavy atom. The fourth-order valence-electron chi connectivity index (χ4n) is 2.21. The number of hydrogen-bond acceptors (Lipinski definition) is 4. The van der Waals surface area contributed by atoms with Crippen molar-refractivity contribution >= 4 is 11.8 Å². The number of benzene rings is 1. The van der Waals surface area contributed by atoms with Crippen LogP contribution in [0, 0.1) is 5.92 Å². The Morgan fingerprint density at radius 3 is 1.96 bits per heavy atom. The molecule has 0 bridgehead atoms. The second kappa shape index (κ2) is 9.71. The molecule has 0 aliphatic carbocycles. The number of rotatable bonds is 9. The number of nitrogens with one attached hydrogen (secondary N) is 2. The van der Waals surface area contributed by atoms with E-state index in [1.807, 2.05) is 13.8 Å². The zero-order valence-electron chi connectivity index (χ0n) is 14.3. The summed E-state index contributed by atoms with van der Waals surface area (Å²) in [5, 5.41) is 5.60. The van der Waals surface area contributed by atoms with Gasteiger partial charge in [0.25, 0.3) is 5.91 Å². The van der Waals surface area contributed by atoms with Gasteiger partial charge >= 0.3 is 0 Å². The summed E-state index contributed by atoms with van der Waals surface area (Å²) < 4.78 is 10.3. The Morgan fingerprint density at radius 1 is 0.957 bits per heavy atom. The standard InChI is InChI=1S/C17H26N2O4/c1-5-12(6-2)16(20)18-7-8-19-17(21)13-9-14(22-3)11-15(10-13)23-4/h9-12H,5-8H2,1-4H3,(H,18,20)(H,19,21). The van der Waals surface area contributed by atoms with Gasteiger partial charge in [-0.1, -0.05) is 13.8 Å². The Hall–Kier alpha value is -2.24. The molecule has 0 fully saturated rings.